The molecule has 0 bridgehead atoms. The second-order valence-electron chi connectivity index (χ2n) is 4.34. The molecule has 0 amide bonds. The fraction of sp³-hybridized carbons (Fsp3) is 0.308. The van der Waals surface area contributed by atoms with Crippen molar-refractivity contribution in [3.8, 4) is 11.6 Å². The number of aromatic nitrogens is 2. The van der Waals surface area contributed by atoms with E-state index in [1.54, 1.807) is 11.7 Å². The number of nitrogens with two attached hydrogens (primary N) is 1. The van der Waals surface area contributed by atoms with Gasteiger partial charge in [0.15, 0.2) is 0 Å². The number of nitrogen functional groups attached to an aromatic ring is 1. The van der Waals surface area contributed by atoms with Crippen LogP contribution < -0.4 is 10.5 Å². The molecule has 0 aliphatic heterocycles. The van der Waals surface area contributed by atoms with Gasteiger partial charge in [-0.15, -0.1) is 0 Å². The highest BCUT2D eigenvalue weighted by molar-refractivity contribution is 9.10. The van der Waals surface area contributed by atoms with E-state index in [2.05, 4.69) is 21.0 Å². The molecule has 0 radical (unpaired) electrons. The highest BCUT2D eigenvalue weighted by atomic mass is 79.9. The summed E-state index contributed by atoms with van der Waals surface area (Å²) >= 11 is 8.97. The van der Waals surface area contributed by atoms with Gasteiger partial charge < -0.3 is 10.5 Å². The first-order valence-electron chi connectivity index (χ1n) is 6.07. The molecule has 0 fully saturated rings. The Morgan fingerprint density at radius 1 is 1.50 bits per heavy atom. The Bertz CT molecular complexity index is 645. The van der Waals surface area contributed by atoms with E-state index in [9.17, 15) is 4.39 Å². The average Bonchev–Trinajstić information content (AvgIpc) is 2.64. The summed E-state index contributed by atoms with van der Waals surface area (Å²) in [6.07, 6.45) is 1.69. The van der Waals surface area contributed by atoms with Crippen LogP contribution in [0.5, 0.6) is 11.6 Å². The Morgan fingerprint density at radius 3 is 2.85 bits per heavy atom. The minimum absolute atomic E-state index is 0.0221. The summed E-state index contributed by atoms with van der Waals surface area (Å²) in [4.78, 5) is 0. The molecular formula is C13H14BrClFN3O. The third-order valence-corrected chi connectivity index (χ3v) is 3.68. The maximum atomic E-state index is 13.5. The Kier molecular flexibility index (Phi) is 4.55. The molecule has 1 aromatic heterocycles. The number of hydrogen-bond acceptors (Lipinski definition) is 3. The summed E-state index contributed by atoms with van der Waals surface area (Å²) in [7, 11) is 1.73. The highest BCUT2D eigenvalue weighted by Crippen LogP contribution is 2.36. The van der Waals surface area contributed by atoms with Crippen molar-refractivity contribution in [1.29, 1.82) is 0 Å². The van der Waals surface area contributed by atoms with Crippen LogP contribution in [-0.4, -0.2) is 9.78 Å². The Morgan fingerprint density at radius 2 is 2.20 bits per heavy atom. The van der Waals surface area contributed by atoms with Gasteiger partial charge in [-0.1, -0.05) is 24.9 Å². The van der Waals surface area contributed by atoms with Crippen LogP contribution in [0.15, 0.2) is 16.6 Å². The van der Waals surface area contributed by atoms with Gasteiger partial charge >= 0.3 is 0 Å². The van der Waals surface area contributed by atoms with Crippen molar-refractivity contribution >= 4 is 33.2 Å². The zero-order valence-corrected chi connectivity index (χ0v) is 13.4. The van der Waals surface area contributed by atoms with Gasteiger partial charge in [0.05, 0.1) is 15.2 Å². The number of hydrogen-bond donors (Lipinski definition) is 1. The Hall–Kier alpha value is -1.27. The standard InChI is InChI=1S/C13H14BrClFN3O/c1-3-4-10-12(17)13(19(2)18-10)20-11-6-9(16)8(15)5-7(11)14/h5-6H,3-4,17H2,1-2H3. The quantitative estimate of drug-likeness (QED) is 0.825. The van der Waals surface area contributed by atoms with E-state index in [0.717, 1.165) is 18.5 Å². The van der Waals surface area contributed by atoms with Crippen LogP contribution in [0.1, 0.15) is 19.0 Å². The predicted molar refractivity (Wildman–Crippen MR) is 80.8 cm³/mol. The summed E-state index contributed by atoms with van der Waals surface area (Å²) in [6, 6.07) is 2.64. The van der Waals surface area contributed by atoms with Gasteiger partial charge in [-0.25, -0.2) is 9.07 Å². The lowest BCUT2D eigenvalue weighted by Crippen LogP contribution is -1.98. The van der Waals surface area contributed by atoms with Crippen molar-refractivity contribution in [2.24, 2.45) is 7.05 Å². The average molecular weight is 363 g/mol. The third-order valence-electron chi connectivity index (χ3n) is 2.77. The fourth-order valence-corrected chi connectivity index (χ4v) is 2.53. The number of nitrogens with zero attached hydrogens (tertiary/aromatic N) is 2. The van der Waals surface area contributed by atoms with Crippen LogP contribution in [-0.2, 0) is 13.5 Å². The van der Waals surface area contributed by atoms with Gasteiger partial charge in [0, 0.05) is 13.1 Å². The van der Waals surface area contributed by atoms with Crippen molar-refractivity contribution in [1.82, 2.24) is 9.78 Å². The topological polar surface area (TPSA) is 53.1 Å². The van der Waals surface area contributed by atoms with Gasteiger partial charge in [-0.3, -0.25) is 0 Å². The van der Waals surface area contributed by atoms with Gasteiger partial charge in [0.1, 0.15) is 17.3 Å². The molecule has 4 nitrogen and oxygen atoms in total. The van der Waals surface area contributed by atoms with E-state index in [4.69, 9.17) is 22.1 Å². The molecule has 2 aromatic rings. The number of benzene rings is 1. The molecule has 0 aliphatic carbocycles. The van der Waals surface area contributed by atoms with Crippen LogP contribution in [0.25, 0.3) is 0 Å². The zero-order chi connectivity index (χ0) is 14.9. The van der Waals surface area contributed by atoms with E-state index < -0.39 is 5.82 Å². The van der Waals surface area contributed by atoms with Crippen LogP contribution in [0, 0.1) is 5.82 Å². The summed E-state index contributed by atoms with van der Waals surface area (Å²) in [6.45, 7) is 2.04. The second kappa shape index (κ2) is 6.01. The number of halogens is 3. The largest absolute Gasteiger partial charge is 0.436 e. The van der Waals surface area contributed by atoms with Gasteiger partial charge in [-0.05, 0) is 28.4 Å². The summed E-state index contributed by atoms with van der Waals surface area (Å²) in [5, 5.41) is 4.32. The summed E-state index contributed by atoms with van der Waals surface area (Å²) in [5.41, 5.74) is 7.26. The second-order valence-corrected chi connectivity index (χ2v) is 5.60. The maximum absolute atomic E-state index is 13.5. The van der Waals surface area contributed by atoms with Crippen LogP contribution >= 0.6 is 27.5 Å². The molecule has 2 N–H and O–H groups in total. The lowest BCUT2D eigenvalue weighted by Gasteiger charge is -2.09. The van der Waals surface area contributed by atoms with Crippen molar-refractivity contribution < 1.29 is 9.13 Å². The zero-order valence-electron chi connectivity index (χ0n) is 11.1. The normalized spacial score (nSPS) is 10.8. The molecule has 0 saturated carbocycles. The van der Waals surface area contributed by atoms with Crippen LogP contribution in [0.3, 0.4) is 0 Å². The number of aryl methyl sites for hydroxylation is 2. The first-order chi connectivity index (χ1) is 9.43. The predicted octanol–water partition coefficient (Wildman–Crippen LogP) is 4.30. The third kappa shape index (κ3) is 2.91. The molecule has 1 aromatic carbocycles. The molecule has 0 spiro atoms. The van der Waals surface area contributed by atoms with Crippen molar-refractivity contribution in [2.75, 3.05) is 5.73 Å². The number of anilines is 1. The minimum atomic E-state index is -0.556. The molecule has 0 aliphatic rings. The lowest BCUT2D eigenvalue weighted by molar-refractivity contribution is 0.426. The Labute approximate surface area is 129 Å². The smallest absolute Gasteiger partial charge is 0.241 e. The molecule has 0 atom stereocenters. The number of ether oxygens (including phenoxy) is 1. The molecule has 108 valence electrons. The Balaban J connectivity index is 2.37. The molecule has 20 heavy (non-hydrogen) atoms. The molecule has 0 saturated heterocycles. The van der Waals surface area contributed by atoms with E-state index in [0.29, 0.717) is 21.8 Å². The molecular weight excluding hydrogens is 349 g/mol. The van der Waals surface area contributed by atoms with E-state index in [1.807, 2.05) is 6.92 Å². The molecule has 2 rings (SSSR count). The SMILES string of the molecule is CCCc1nn(C)c(Oc2cc(F)c(Cl)cc2Br)c1N. The fourth-order valence-electron chi connectivity index (χ4n) is 1.81. The first-order valence-corrected chi connectivity index (χ1v) is 7.24. The maximum Gasteiger partial charge on any atom is 0.241 e. The number of rotatable bonds is 4. The van der Waals surface area contributed by atoms with Crippen LogP contribution in [0.4, 0.5) is 10.1 Å². The van der Waals surface area contributed by atoms with Gasteiger partial charge in [0.25, 0.3) is 0 Å². The minimum Gasteiger partial charge on any atom is -0.436 e. The lowest BCUT2D eigenvalue weighted by atomic mass is 10.2. The van der Waals surface area contributed by atoms with Crippen LogP contribution in [0.2, 0.25) is 5.02 Å². The van der Waals surface area contributed by atoms with E-state index in [1.165, 1.54) is 12.1 Å². The van der Waals surface area contributed by atoms with Crippen molar-refractivity contribution in [2.45, 2.75) is 19.8 Å². The first kappa shape index (κ1) is 15.1. The van der Waals surface area contributed by atoms with E-state index >= 15 is 0 Å². The summed E-state index contributed by atoms with van der Waals surface area (Å²) < 4.78 is 21.3. The van der Waals surface area contributed by atoms with Crippen molar-refractivity contribution in [3.05, 3.63) is 33.1 Å². The van der Waals surface area contributed by atoms with Gasteiger partial charge in [0.2, 0.25) is 5.88 Å². The van der Waals surface area contributed by atoms with Gasteiger partial charge in [-0.2, -0.15) is 5.10 Å². The molecule has 0 unspecified atom stereocenters. The molecule has 1 heterocycles. The van der Waals surface area contributed by atoms with Crippen molar-refractivity contribution in [3.63, 3.8) is 0 Å². The molecule has 7 heteroatoms. The summed E-state index contributed by atoms with van der Waals surface area (Å²) in [5.74, 6) is 0.125. The monoisotopic (exact) mass is 361 g/mol. The van der Waals surface area contributed by atoms with E-state index in [-0.39, 0.29) is 5.02 Å². The highest BCUT2D eigenvalue weighted by Gasteiger charge is 2.17.